The van der Waals surface area contributed by atoms with Crippen molar-refractivity contribution in [3.05, 3.63) is 22.2 Å². The Labute approximate surface area is 134 Å². The Hall–Kier alpha value is -0.530. The van der Waals surface area contributed by atoms with Gasteiger partial charge in [0.05, 0.1) is 10.7 Å². The Morgan fingerprint density at radius 1 is 1.38 bits per heavy atom. The van der Waals surface area contributed by atoms with Crippen molar-refractivity contribution in [3.63, 3.8) is 0 Å². The fourth-order valence-corrected chi connectivity index (χ4v) is 4.33. The second-order valence-corrected chi connectivity index (χ2v) is 7.92. The van der Waals surface area contributed by atoms with Gasteiger partial charge in [0, 0.05) is 25.3 Å². The highest BCUT2D eigenvalue weighted by Crippen LogP contribution is 2.48. The van der Waals surface area contributed by atoms with E-state index < -0.39 is 10.0 Å². The number of rotatable bonds is 7. The summed E-state index contributed by atoms with van der Waals surface area (Å²) >= 11 is 11.8. The van der Waals surface area contributed by atoms with E-state index in [9.17, 15) is 8.42 Å². The van der Waals surface area contributed by atoms with E-state index in [1.165, 1.54) is 12.1 Å². The molecule has 0 aliphatic heterocycles. The summed E-state index contributed by atoms with van der Waals surface area (Å²) in [7, 11) is -2.13. The maximum absolute atomic E-state index is 12.4. The maximum Gasteiger partial charge on any atom is 0.244 e. The number of methoxy groups -OCH3 is 1. The average molecular weight is 353 g/mol. The highest BCUT2D eigenvalue weighted by Gasteiger charge is 2.43. The summed E-state index contributed by atoms with van der Waals surface area (Å²) in [5.74, 6) is 0. The minimum Gasteiger partial charge on any atom is -0.398 e. The molecule has 1 fully saturated rings. The molecule has 1 aromatic carbocycles. The van der Waals surface area contributed by atoms with Crippen LogP contribution in [-0.4, -0.2) is 28.7 Å². The van der Waals surface area contributed by atoms with Crippen LogP contribution in [0.25, 0.3) is 0 Å². The van der Waals surface area contributed by atoms with Gasteiger partial charge in [-0.3, -0.25) is 0 Å². The summed E-state index contributed by atoms with van der Waals surface area (Å²) in [6.07, 6.45) is 2.81. The van der Waals surface area contributed by atoms with Crippen molar-refractivity contribution >= 4 is 38.9 Å². The maximum atomic E-state index is 12.4. The molecular formula is C13H18Cl2N2O3S. The number of hydrogen-bond acceptors (Lipinski definition) is 4. The van der Waals surface area contributed by atoms with Gasteiger partial charge in [0.2, 0.25) is 10.0 Å². The van der Waals surface area contributed by atoms with E-state index in [-0.39, 0.29) is 21.0 Å². The average Bonchev–Trinajstić information content (AvgIpc) is 3.13. The molecule has 2 rings (SSSR count). The number of nitrogens with one attached hydrogen (secondary N) is 1. The Balaban J connectivity index is 2.13. The smallest absolute Gasteiger partial charge is 0.244 e. The fourth-order valence-electron chi connectivity index (χ4n) is 2.19. The molecule has 21 heavy (non-hydrogen) atoms. The minimum absolute atomic E-state index is 0.00323. The third-order valence-corrected chi connectivity index (χ3v) is 5.88. The van der Waals surface area contributed by atoms with Crippen LogP contribution in [0.3, 0.4) is 0 Å². The van der Waals surface area contributed by atoms with E-state index in [2.05, 4.69) is 4.72 Å². The monoisotopic (exact) mass is 352 g/mol. The molecule has 3 N–H and O–H groups in total. The predicted molar refractivity (Wildman–Crippen MR) is 84.2 cm³/mol. The molecule has 0 amide bonds. The molecule has 1 aromatic rings. The van der Waals surface area contributed by atoms with Gasteiger partial charge >= 0.3 is 0 Å². The van der Waals surface area contributed by atoms with Crippen molar-refractivity contribution in [1.29, 1.82) is 0 Å². The van der Waals surface area contributed by atoms with Crippen LogP contribution in [-0.2, 0) is 14.8 Å². The molecule has 1 saturated carbocycles. The number of hydrogen-bond donors (Lipinski definition) is 2. The zero-order valence-corrected chi connectivity index (χ0v) is 14.0. The van der Waals surface area contributed by atoms with Crippen LogP contribution in [0.15, 0.2) is 17.0 Å². The van der Waals surface area contributed by atoms with E-state index in [4.69, 9.17) is 33.7 Å². The van der Waals surface area contributed by atoms with Gasteiger partial charge in [0.15, 0.2) is 0 Å². The van der Waals surface area contributed by atoms with E-state index in [1.807, 2.05) is 0 Å². The molecule has 118 valence electrons. The van der Waals surface area contributed by atoms with Crippen LogP contribution in [0.4, 0.5) is 5.69 Å². The lowest BCUT2D eigenvalue weighted by Gasteiger charge is -2.17. The molecule has 8 heteroatoms. The van der Waals surface area contributed by atoms with Gasteiger partial charge in [-0.25, -0.2) is 13.1 Å². The van der Waals surface area contributed by atoms with Crippen LogP contribution >= 0.6 is 23.2 Å². The molecule has 0 unspecified atom stereocenters. The predicted octanol–water partition coefficient (Wildman–Crippen LogP) is 2.67. The number of ether oxygens (including phenoxy) is 1. The fraction of sp³-hybridized carbons (Fsp3) is 0.538. The van der Waals surface area contributed by atoms with Crippen LogP contribution < -0.4 is 10.5 Å². The Morgan fingerprint density at radius 2 is 2.05 bits per heavy atom. The number of nitrogens with two attached hydrogens (primary N) is 1. The summed E-state index contributed by atoms with van der Waals surface area (Å²) < 4.78 is 32.4. The Kier molecular flexibility index (Phi) is 5.05. The first kappa shape index (κ1) is 16.8. The third-order valence-electron chi connectivity index (χ3n) is 3.74. The van der Waals surface area contributed by atoms with Gasteiger partial charge < -0.3 is 10.5 Å². The van der Waals surface area contributed by atoms with Crippen molar-refractivity contribution in [1.82, 2.24) is 4.72 Å². The van der Waals surface area contributed by atoms with Gasteiger partial charge in [-0.15, -0.1) is 0 Å². The quantitative estimate of drug-likeness (QED) is 0.739. The molecule has 0 bridgehead atoms. The Bertz CT molecular complexity index is 607. The first-order valence-corrected chi connectivity index (χ1v) is 8.77. The third kappa shape index (κ3) is 4.02. The van der Waals surface area contributed by atoms with Crippen molar-refractivity contribution in [2.24, 2.45) is 5.41 Å². The molecule has 0 aromatic heterocycles. The first-order valence-electron chi connectivity index (χ1n) is 6.53. The number of anilines is 1. The summed E-state index contributed by atoms with van der Waals surface area (Å²) in [4.78, 5) is -0.115. The van der Waals surface area contributed by atoms with Crippen molar-refractivity contribution in [3.8, 4) is 0 Å². The zero-order valence-electron chi connectivity index (χ0n) is 11.7. The topological polar surface area (TPSA) is 81.4 Å². The minimum atomic E-state index is -3.76. The van der Waals surface area contributed by atoms with Gasteiger partial charge in [-0.2, -0.15) is 0 Å². The lowest BCUT2D eigenvalue weighted by Crippen LogP contribution is -2.31. The SMILES string of the molecule is COCCC1(CNS(=O)(=O)c2c(N)cc(Cl)cc2Cl)CC1. The lowest BCUT2D eigenvalue weighted by molar-refractivity contribution is 0.173. The number of halogens is 2. The first-order chi connectivity index (χ1) is 9.80. The van der Waals surface area contributed by atoms with Crippen LogP contribution in [0.5, 0.6) is 0 Å². The van der Waals surface area contributed by atoms with Crippen LogP contribution in [0.1, 0.15) is 19.3 Å². The zero-order chi connectivity index (χ0) is 15.7. The molecule has 0 atom stereocenters. The van der Waals surface area contributed by atoms with E-state index >= 15 is 0 Å². The van der Waals surface area contributed by atoms with Crippen LogP contribution in [0.2, 0.25) is 10.0 Å². The van der Waals surface area contributed by atoms with E-state index in [1.54, 1.807) is 7.11 Å². The molecule has 0 radical (unpaired) electrons. The highest BCUT2D eigenvalue weighted by molar-refractivity contribution is 7.89. The van der Waals surface area contributed by atoms with Crippen molar-refractivity contribution in [2.75, 3.05) is 26.0 Å². The Morgan fingerprint density at radius 3 is 2.57 bits per heavy atom. The van der Waals surface area contributed by atoms with Gasteiger partial charge in [-0.05, 0) is 36.8 Å². The molecule has 0 spiro atoms. The van der Waals surface area contributed by atoms with Gasteiger partial charge in [0.25, 0.3) is 0 Å². The van der Waals surface area contributed by atoms with Crippen molar-refractivity contribution < 1.29 is 13.2 Å². The molecule has 1 aliphatic rings. The summed E-state index contributed by atoms with van der Waals surface area (Å²) in [6.45, 7) is 0.975. The lowest BCUT2D eigenvalue weighted by atomic mass is 10.0. The van der Waals surface area contributed by atoms with E-state index in [0.717, 1.165) is 19.3 Å². The summed E-state index contributed by atoms with van der Waals surface area (Å²) in [5.41, 5.74) is 5.78. The number of benzene rings is 1. The van der Waals surface area contributed by atoms with Gasteiger partial charge in [0.1, 0.15) is 4.90 Å². The van der Waals surface area contributed by atoms with E-state index in [0.29, 0.717) is 18.2 Å². The number of nitrogen functional groups attached to an aromatic ring is 1. The molecule has 0 saturated heterocycles. The number of sulfonamides is 1. The molecular weight excluding hydrogens is 335 g/mol. The molecule has 5 nitrogen and oxygen atoms in total. The molecule has 0 heterocycles. The van der Waals surface area contributed by atoms with Gasteiger partial charge in [-0.1, -0.05) is 23.2 Å². The second-order valence-electron chi connectivity index (χ2n) is 5.37. The highest BCUT2D eigenvalue weighted by atomic mass is 35.5. The largest absolute Gasteiger partial charge is 0.398 e. The molecule has 1 aliphatic carbocycles. The standard InChI is InChI=1S/C13H18Cl2N2O3S/c1-20-5-4-13(2-3-13)8-17-21(18,19)12-10(15)6-9(14)7-11(12)16/h6-7,17H,2-5,8,16H2,1H3. The van der Waals surface area contributed by atoms with Crippen molar-refractivity contribution in [2.45, 2.75) is 24.2 Å². The summed E-state index contributed by atoms with van der Waals surface area (Å²) in [6, 6.07) is 2.74. The second kappa shape index (κ2) is 6.30. The summed E-state index contributed by atoms with van der Waals surface area (Å²) in [5, 5.41) is 0.324. The van der Waals surface area contributed by atoms with Crippen LogP contribution in [0, 0.1) is 5.41 Å². The normalized spacial score (nSPS) is 16.9.